The number of benzene rings is 1. The molecule has 1 amide bonds. The zero-order chi connectivity index (χ0) is 18.5. The second-order valence-electron chi connectivity index (χ2n) is 6.02. The zero-order valence-electron chi connectivity index (χ0n) is 14.3. The molecule has 5 nitrogen and oxygen atoms in total. The van der Waals surface area contributed by atoms with Crippen LogP contribution in [-0.2, 0) is 9.59 Å². The minimum atomic E-state index is -0.404. The van der Waals surface area contributed by atoms with E-state index in [0.29, 0.717) is 16.5 Å². The van der Waals surface area contributed by atoms with Crippen LogP contribution in [0.1, 0.15) is 31.7 Å². The van der Waals surface area contributed by atoms with Crippen molar-refractivity contribution in [2.45, 2.75) is 26.2 Å². The highest BCUT2D eigenvalue weighted by Gasteiger charge is 2.16. The van der Waals surface area contributed by atoms with Crippen molar-refractivity contribution >= 4 is 40.5 Å². The Labute approximate surface area is 156 Å². The van der Waals surface area contributed by atoms with E-state index in [1.807, 2.05) is 12.1 Å². The largest absolute Gasteiger partial charge is 0.310 e. The summed E-state index contributed by atoms with van der Waals surface area (Å²) in [7, 11) is 0. The molecule has 132 valence electrons. The highest BCUT2D eigenvalue weighted by molar-refractivity contribution is 6.31. The van der Waals surface area contributed by atoms with E-state index in [1.165, 1.54) is 6.92 Å². The third kappa shape index (κ3) is 4.43. The molecule has 1 aliphatic heterocycles. The summed E-state index contributed by atoms with van der Waals surface area (Å²) in [4.78, 5) is 32.1. The monoisotopic (exact) mass is 367 g/mol. The van der Waals surface area contributed by atoms with Crippen molar-refractivity contribution in [2.75, 3.05) is 0 Å². The number of hydrogen-bond acceptors (Lipinski definition) is 4. The van der Waals surface area contributed by atoms with Gasteiger partial charge in [0, 0.05) is 16.8 Å². The van der Waals surface area contributed by atoms with Crippen molar-refractivity contribution in [3.05, 3.63) is 64.9 Å². The smallest absolute Gasteiger partial charge is 0.232 e. The number of fused-ring (bicyclic) bond motifs is 1. The van der Waals surface area contributed by atoms with Crippen LogP contribution < -0.4 is 5.32 Å². The first kappa shape index (κ1) is 18.0. The van der Waals surface area contributed by atoms with Gasteiger partial charge in [-0.05, 0) is 49.6 Å². The third-order valence-corrected chi connectivity index (χ3v) is 4.07. The summed E-state index contributed by atoms with van der Waals surface area (Å²) in [5.74, 6) is -0.281. The number of aliphatic imine (C=N–C) groups is 2. The van der Waals surface area contributed by atoms with Crippen LogP contribution in [0.15, 0.2) is 64.3 Å². The molecule has 6 heteroatoms. The van der Waals surface area contributed by atoms with E-state index < -0.39 is 5.91 Å². The number of halogens is 1. The van der Waals surface area contributed by atoms with Gasteiger partial charge in [-0.2, -0.15) is 0 Å². The lowest BCUT2D eigenvalue weighted by atomic mass is 9.96. The molecular formula is C20H18ClN3O2. The molecule has 1 aromatic carbocycles. The lowest BCUT2D eigenvalue weighted by Gasteiger charge is -2.15. The molecule has 1 aliphatic carbocycles. The molecule has 0 radical (unpaired) electrons. The normalized spacial score (nSPS) is 15.8. The summed E-state index contributed by atoms with van der Waals surface area (Å²) in [6, 6.07) is 5.35. The Kier molecular flexibility index (Phi) is 5.58. The first-order chi connectivity index (χ1) is 12.5. The van der Waals surface area contributed by atoms with E-state index in [4.69, 9.17) is 11.6 Å². The number of Topliss-reactive ketones (excluding diaryl/α,β-unsaturated/α-hetero) is 1. The average molecular weight is 368 g/mol. The van der Waals surface area contributed by atoms with Crippen LogP contribution in [0.4, 0.5) is 5.69 Å². The third-order valence-electron chi connectivity index (χ3n) is 3.84. The van der Waals surface area contributed by atoms with Gasteiger partial charge in [-0.1, -0.05) is 29.8 Å². The maximum atomic E-state index is 11.9. The minimum absolute atomic E-state index is 0.188. The molecule has 1 aromatic rings. The van der Waals surface area contributed by atoms with Crippen molar-refractivity contribution in [1.82, 2.24) is 5.32 Å². The highest BCUT2D eigenvalue weighted by Crippen LogP contribution is 2.29. The van der Waals surface area contributed by atoms with Gasteiger partial charge < -0.3 is 5.32 Å². The number of amidine groups is 1. The maximum Gasteiger partial charge on any atom is 0.232 e. The summed E-state index contributed by atoms with van der Waals surface area (Å²) >= 11 is 6.19. The van der Waals surface area contributed by atoms with Crippen molar-refractivity contribution in [3.8, 4) is 0 Å². The van der Waals surface area contributed by atoms with Gasteiger partial charge in [0.05, 0.1) is 17.8 Å². The number of ketones is 1. The summed E-state index contributed by atoms with van der Waals surface area (Å²) < 4.78 is 0. The summed E-state index contributed by atoms with van der Waals surface area (Å²) in [5, 5.41) is 3.22. The molecule has 0 aromatic heterocycles. The van der Waals surface area contributed by atoms with Crippen LogP contribution in [0.3, 0.4) is 0 Å². The predicted octanol–water partition coefficient (Wildman–Crippen LogP) is 4.06. The highest BCUT2D eigenvalue weighted by atomic mass is 35.5. The van der Waals surface area contributed by atoms with Crippen LogP contribution in [0, 0.1) is 0 Å². The van der Waals surface area contributed by atoms with Gasteiger partial charge >= 0.3 is 0 Å². The van der Waals surface area contributed by atoms with Crippen molar-refractivity contribution < 1.29 is 9.59 Å². The van der Waals surface area contributed by atoms with E-state index in [9.17, 15) is 9.59 Å². The fourth-order valence-corrected chi connectivity index (χ4v) is 2.89. The summed E-state index contributed by atoms with van der Waals surface area (Å²) in [5.41, 5.74) is 3.24. The number of carbonyl (C=O) groups excluding carboxylic acids is 2. The fourth-order valence-electron chi connectivity index (χ4n) is 2.72. The van der Waals surface area contributed by atoms with Crippen LogP contribution >= 0.6 is 11.6 Å². The molecule has 0 fully saturated rings. The molecule has 3 rings (SSSR count). The first-order valence-corrected chi connectivity index (χ1v) is 8.70. The maximum absolute atomic E-state index is 11.9. The quantitative estimate of drug-likeness (QED) is 0.818. The van der Waals surface area contributed by atoms with Gasteiger partial charge in [0.1, 0.15) is 11.6 Å². The number of allylic oxidation sites excluding steroid dienone is 4. The molecule has 0 unspecified atom stereocenters. The Bertz CT molecular complexity index is 908. The van der Waals surface area contributed by atoms with Crippen LogP contribution in [0.2, 0.25) is 5.02 Å². The summed E-state index contributed by atoms with van der Waals surface area (Å²) in [6.07, 6.45) is 11.3. The molecule has 0 saturated carbocycles. The molecule has 2 aliphatic rings. The second-order valence-corrected chi connectivity index (χ2v) is 6.45. The lowest BCUT2D eigenvalue weighted by molar-refractivity contribution is -0.126. The van der Waals surface area contributed by atoms with E-state index in [2.05, 4.69) is 27.5 Å². The van der Waals surface area contributed by atoms with Gasteiger partial charge in [0.2, 0.25) is 5.91 Å². The van der Waals surface area contributed by atoms with Crippen molar-refractivity contribution in [2.24, 2.45) is 9.98 Å². The number of nitrogens with zero attached hydrogens (tertiary/aromatic N) is 2. The van der Waals surface area contributed by atoms with Crippen molar-refractivity contribution in [3.63, 3.8) is 0 Å². The average Bonchev–Trinajstić information content (AvgIpc) is 2.58. The van der Waals surface area contributed by atoms with E-state index in [0.717, 1.165) is 29.7 Å². The van der Waals surface area contributed by atoms with E-state index >= 15 is 0 Å². The van der Waals surface area contributed by atoms with Gasteiger partial charge in [-0.25, -0.2) is 4.99 Å². The first-order valence-electron chi connectivity index (χ1n) is 8.32. The number of hydrogen-bond donors (Lipinski definition) is 1. The Morgan fingerprint density at radius 2 is 2.08 bits per heavy atom. The minimum Gasteiger partial charge on any atom is -0.310 e. The van der Waals surface area contributed by atoms with Crippen LogP contribution in [0.5, 0.6) is 0 Å². The van der Waals surface area contributed by atoms with Gasteiger partial charge in [0.15, 0.2) is 0 Å². The molecule has 26 heavy (non-hydrogen) atoms. The van der Waals surface area contributed by atoms with E-state index in [1.54, 1.807) is 24.4 Å². The number of carbonyl (C=O) groups is 2. The number of amides is 1. The Morgan fingerprint density at radius 3 is 2.81 bits per heavy atom. The van der Waals surface area contributed by atoms with Crippen molar-refractivity contribution in [1.29, 1.82) is 0 Å². The Hall–Kier alpha value is -2.79. The lowest BCUT2D eigenvalue weighted by Crippen LogP contribution is -2.30. The standard InChI is InChI=1S/C20H18ClN3O2/c1-13(25)11-19(26)24-18-9-10-22-20(14-5-3-2-4-6-14)16-12-15(21)7-8-17(16)23-18/h3,5-10,12H,2,4,11H2,1H3,(H,23,24,26). The number of rotatable bonds is 3. The molecule has 0 saturated heterocycles. The molecular weight excluding hydrogens is 350 g/mol. The number of nitrogens with one attached hydrogen (secondary N) is 1. The van der Waals surface area contributed by atoms with Crippen LogP contribution in [0.25, 0.3) is 0 Å². The molecule has 0 spiro atoms. The Balaban J connectivity index is 2.00. The molecule has 0 atom stereocenters. The zero-order valence-corrected chi connectivity index (χ0v) is 15.1. The topological polar surface area (TPSA) is 70.9 Å². The summed E-state index contributed by atoms with van der Waals surface area (Å²) in [6.45, 7) is 1.37. The van der Waals surface area contributed by atoms with E-state index in [-0.39, 0.29) is 12.2 Å². The van der Waals surface area contributed by atoms with Gasteiger partial charge in [-0.15, -0.1) is 0 Å². The van der Waals surface area contributed by atoms with Gasteiger partial charge in [-0.3, -0.25) is 14.6 Å². The fraction of sp³-hybridized carbons (Fsp3) is 0.200. The second kappa shape index (κ2) is 8.06. The predicted molar refractivity (Wildman–Crippen MR) is 104 cm³/mol. The van der Waals surface area contributed by atoms with Crippen LogP contribution in [-0.4, -0.2) is 23.2 Å². The molecule has 1 N–H and O–H groups in total. The Morgan fingerprint density at radius 1 is 1.23 bits per heavy atom. The molecule has 0 bridgehead atoms. The SMILES string of the molecule is CC(=O)CC(=O)NC1=Nc2ccc(Cl)cc2C(C2=CCCC=C2)=NC=C1. The van der Waals surface area contributed by atoms with Gasteiger partial charge in [0.25, 0.3) is 0 Å². The molecule has 1 heterocycles.